The minimum absolute atomic E-state index is 0.0768. The summed E-state index contributed by atoms with van der Waals surface area (Å²) in [7, 11) is 1.81. The third-order valence-electron chi connectivity index (χ3n) is 2.85. The molecule has 0 bridgehead atoms. The molecule has 0 aromatic heterocycles. The predicted octanol–water partition coefficient (Wildman–Crippen LogP) is 2.88. The first-order valence-electron chi connectivity index (χ1n) is 5.73. The van der Waals surface area contributed by atoms with Crippen molar-refractivity contribution in [1.82, 2.24) is 9.80 Å². The summed E-state index contributed by atoms with van der Waals surface area (Å²) in [6, 6.07) is 7.91. The van der Waals surface area contributed by atoms with Gasteiger partial charge in [-0.1, -0.05) is 24.3 Å². The van der Waals surface area contributed by atoms with Gasteiger partial charge in [0.25, 0.3) is 5.91 Å². The molecule has 1 aliphatic rings. The van der Waals surface area contributed by atoms with Crippen LogP contribution in [-0.4, -0.2) is 34.4 Å². The molecule has 5 heteroatoms. The number of hydrogen-bond donors (Lipinski definition) is 0. The van der Waals surface area contributed by atoms with Gasteiger partial charge in [0.15, 0.2) is 5.11 Å². The molecule has 1 saturated heterocycles. The van der Waals surface area contributed by atoms with E-state index in [1.54, 1.807) is 15.9 Å². The van der Waals surface area contributed by atoms with Crippen LogP contribution in [0, 0.1) is 3.57 Å². The Balaban J connectivity index is 2.40. The molecule has 19 heavy (non-hydrogen) atoms. The Morgan fingerprint density at radius 2 is 2.11 bits per heavy atom. The summed E-state index contributed by atoms with van der Waals surface area (Å²) >= 11 is 7.52. The van der Waals surface area contributed by atoms with Gasteiger partial charge in [-0.25, -0.2) is 0 Å². The fourth-order valence-corrected chi connectivity index (χ4v) is 2.64. The van der Waals surface area contributed by atoms with Crippen molar-refractivity contribution in [2.75, 3.05) is 13.6 Å². The van der Waals surface area contributed by atoms with Gasteiger partial charge in [0.05, 0.1) is 0 Å². The lowest BCUT2D eigenvalue weighted by Crippen LogP contribution is -2.31. The zero-order valence-electron chi connectivity index (χ0n) is 10.5. The molecule has 98 valence electrons. The van der Waals surface area contributed by atoms with Gasteiger partial charge < -0.3 is 4.90 Å². The van der Waals surface area contributed by atoms with Crippen molar-refractivity contribution in [3.05, 3.63) is 51.8 Å². The van der Waals surface area contributed by atoms with Crippen molar-refractivity contribution in [1.29, 1.82) is 0 Å². The summed E-state index contributed by atoms with van der Waals surface area (Å²) in [6.45, 7) is 4.08. The summed E-state index contributed by atoms with van der Waals surface area (Å²) in [6.07, 6.45) is 3.55. The van der Waals surface area contributed by atoms with Crippen LogP contribution in [0.4, 0.5) is 0 Å². The van der Waals surface area contributed by atoms with E-state index < -0.39 is 0 Å². The first-order valence-corrected chi connectivity index (χ1v) is 7.21. The highest BCUT2D eigenvalue weighted by molar-refractivity contribution is 14.1. The summed E-state index contributed by atoms with van der Waals surface area (Å²) in [5, 5.41) is 0.516. The Kier molecular flexibility index (Phi) is 4.36. The molecule has 0 saturated carbocycles. The van der Waals surface area contributed by atoms with Crippen LogP contribution in [-0.2, 0) is 4.79 Å². The van der Waals surface area contributed by atoms with E-state index in [4.69, 9.17) is 12.2 Å². The molecule has 1 amide bonds. The fraction of sp³-hybridized carbons (Fsp3) is 0.143. The first-order chi connectivity index (χ1) is 9.06. The first kappa shape index (κ1) is 14.2. The maximum atomic E-state index is 12.3. The minimum Gasteiger partial charge on any atom is -0.317 e. The monoisotopic (exact) mass is 384 g/mol. The molecule has 1 heterocycles. The van der Waals surface area contributed by atoms with E-state index in [1.807, 2.05) is 37.4 Å². The smallest absolute Gasteiger partial charge is 0.277 e. The molecule has 0 radical (unpaired) electrons. The van der Waals surface area contributed by atoms with Gasteiger partial charge in [-0.3, -0.25) is 9.69 Å². The van der Waals surface area contributed by atoms with E-state index in [1.165, 1.54) is 0 Å². The van der Waals surface area contributed by atoms with Crippen molar-refractivity contribution >= 4 is 51.9 Å². The van der Waals surface area contributed by atoms with Crippen molar-refractivity contribution in [2.24, 2.45) is 0 Å². The summed E-state index contributed by atoms with van der Waals surface area (Å²) in [5.41, 5.74) is 1.61. The van der Waals surface area contributed by atoms with Crippen molar-refractivity contribution in [2.45, 2.75) is 0 Å². The van der Waals surface area contributed by atoms with Crippen LogP contribution < -0.4 is 0 Å². The molecule has 1 aromatic carbocycles. The van der Waals surface area contributed by atoms with Crippen LogP contribution in [0.5, 0.6) is 0 Å². The van der Waals surface area contributed by atoms with Gasteiger partial charge in [0.2, 0.25) is 0 Å². The highest BCUT2D eigenvalue weighted by Gasteiger charge is 2.34. The van der Waals surface area contributed by atoms with Crippen molar-refractivity contribution < 1.29 is 4.79 Å². The Hall–Kier alpha value is -1.21. The Morgan fingerprint density at radius 1 is 1.42 bits per heavy atom. The second kappa shape index (κ2) is 5.83. The van der Waals surface area contributed by atoms with Crippen LogP contribution in [0.15, 0.2) is 42.6 Å². The van der Waals surface area contributed by atoms with E-state index in [9.17, 15) is 4.79 Å². The summed E-state index contributed by atoms with van der Waals surface area (Å²) in [5.74, 6) is -0.0768. The third kappa shape index (κ3) is 2.71. The lowest BCUT2D eigenvalue weighted by molar-refractivity contribution is -0.122. The number of carbonyl (C=O) groups is 1. The van der Waals surface area contributed by atoms with E-state index in [0.29, 0.717) is 17.4 Å². The largest absolute Gasteiger partial charge is 0.317 e. The quantitative estimate of drug-likeness (QED) is 0.347. The SMILES string of the molecule is C=CCN1C(=O)/C(=C\c2ccccc2I)N(C)C1=S. The number of amides is 1. The molecule has 1 aliphatic heterocycles. The average Bonchev–Trinajstić information content (AvgIpc) is 2.59. The van der Waals surface area contributed by atoms with Gasteiger partial charge in [-0.2, -0.15) is 0 Å². The lowest BCUT2D eigenvalue weighted by atomic mass is 10.2. The molecule has 0 spiro atoms. The van der Waals surface area contributed by atoms with E-state index in [2.05, 4.69) is 29.2 Å². The zero-order valence-corrected chi connectivity index (χ0v) is 13.4. The molecular weight excluding hydrogens is 371 g/mol. The van der Waals surface area contributed by atoms with Crippen molar-refractivity contribution in [3.63, 3.8) is 0 Å². The molecule has 0 N–H and O–H groups in total. The Labute approximate surface area is 131 Å². The number of nitrogens with zero attached hydrogens (tertiary/aromatic N) is 2. The number of carbonyl (C=O) groups excluding carboxylic acids is 1. The van der Waals surface area contributed by atoms with Crippen LogP contribution in [0.3, 0.4) is 0 Å². The second-order valence-corrected chi connectivity index (χ2v) is 5.62. The normalized spacial score (nSPS) is 17.5. The van der Waals surface area contributed by atoms with Crippen molar-refractivity contribution in [3.8, 4) is 0 Å². The highest BCUT2D eigenvalue weighted by atomic mass is 127. The van der Waals surface area contributed by atoms with Gasteiger partial charge >= 0.3 is 0 Å². The fourth-order valence-electron chi connectivity index (χ4n) is 1.84. The average molecular weight is 384 g/mol. The Morgan fingerprint density at radius 3 is 2.74 bits per heavy atom. The molecule has 0 unspecified atom stereocenters. The number of rotatable bonds is 3. The van der Waals surface area contributed by atoms with Crippen LogP contribution in [0.2, 0.25) is 0 Å². The topological polar surface area (TPSA) is 23.6 Å². The maximum absolute atomic E-state index is 12.3. The highest BCUT2D eigenvalue weighted by Crippen LogP contribution is 2.23. The molecule has 1 fully saturated rings. The Bertz CT molecular complexity index is 583. The number of halogens is 1. The zero-order chi connectivity index (χ0) is 14.0. The standard InChI is InChI=1S/C14H13IN2OS/c1-3-8-17-13(18)12(16(2)14(17)19)9-10-6-4-5-7-11(10)15/h3-7,9H,1,8H2,2H3/b12-9+. The predicted molar refractivity (Wildman–Crippen MR) is 89.4 cm³/mol. The minimum atomic E-state index is -0.0768. The lowest BCUT2D eigenvalue weighted by Gasteiger charge is -2.13. The third-order valence-corrected chi connectivity index (χ3v) is 4.33. The maximum Gasteiger partial charge on any atom is 0.277 e. The van der Waals surface area contributed by atoms with E-state index in [-0.39, 0.29) is 5.91 Å². The number of hydrogen-bond acceptors (Lipinski definition) is 2. The molecule has 0 aliphatic carbocycles. The van der Waals surface area contributed by atoms with Gasteiger partial charge in [-0.05, 0) is 52.5 Å². The van der Waals surface area contributed by atoms with Crippen LogP contribution in [0.25, 0.3) is 6.08 Å². The van der Waals surface area contributed by atoms with Gasteiger partial charge in [-0.15, -0.1) is 6.58 Å². The summed E-state index contributed by atoms with van der Waals surface area (Å²) in [4.78, 5) is 15.6. The number of thiocarbonyl (C=S) groups is 1. The molecule has 1 aromatic rings. The molecular formula is C14H13IN2OS. The molecule has 2 rings (SSSR count). The van der Waals surface area contributed by atoms with Crippen LogP contribution >= 0.6 is 34.8 Å². The molecule has 0 atom stereocenters. The van der Waals surface area contributed by atoms with E-state index >= 15 is 0 Å². The number of likely N-dealkylation sites (N-methyl/N-ethyl adjacent to an activating group) is 1. The summed E-state index contributed by atoms with van der Waals surface area (Å²) < 4.78 is 1.10. The van der Waals surface area contributed by atoms with Gasteiger partial charge in [0.1, 0.15) is 5.70 Å². The second-order valence-electron chi connectivity index (χ2n) is 4.10. The van der Waals surface area contributed by atoms with Crippen LogP contribution in [0.1, 0.15) is 5.56 Å². The van der Waals surface area contributed by atoms with E-state index in [0.717, 1.165) is 9.13 Å². The molecule has 3 nitrogen and oxygen atoms in total. The number of benzene rings is 1. The van der Waals surface area contributed by atoms with Gasteiger partial charge in [0, 0.05) is 17.2 Å².